The first kappa shape index (κ1) is 15.4. The Morgan fingerprint density at radius 1 is 1.45 bits per heavy atom. The summed E-state index contributed by atoms with van der Waals surface area (Å²) < 4.78 is 0. The topological polar surface area (TPSA) is 69.3 Å². The molecule has 22 heavy (non-hydrogen) atoms. The number of aromatic nitrogens is 1. The molecule has 1 amide bonds. The van der Waals surface area contributed by atoms with Crippen LogP contribution in [0.4, 0.5) is 0 Å². The van der Waals surface area contributed by atoms with Crippen molar-refractivity contribution in [1.29, 1.82) is 0 Å². The summed E-state index contributed by atoms with van der Waals surface area (Å²) in [5.74, 6) is 0.832. The lowest BCUT2D eigenvalue weighted by atomic mass is 9.96. The molecule has 6 nitrogen and oxygen atoms in total. The van der Waals surface area contributed by atoms with E-state index in [1.165, 1.54) is 5.56 Å². The second-order valence-electron chi connectivity index (χ2n) is 6.09. The van der Waals surface area contributed by atoms with Crippen LogP contribution in [-0.4, -0.2) is 48.5 Å². The van der Waals surface area contributed by atoms with E-state index in [-0.39, 0.29) is 0 Å². The fraction of sp³-hybridized carbons (Fsp3) is 0.625. The Labute approximate surface area is 131 Å². The van der Waals surface area contributed by atoms with Gasteiger partial charge < -0.3 is 10.2 Å². The summed E-state index contributed by atoms with van der Waals surface area (Å²) in [5.41, 5.74) is 7.80. The predicted molar refractivity (Wildman–Crippen MR) is 84.9 cm³/mol. The molecule has 2 atom stereocenters. The van der Waals surface area contributed by atoms with E-state index in [4.69, 9.17) is 0 Å². The molecule has 2 aliphatic heterocycles. The van der Waals surface area contributed by atoms with Crippen molar-refractivity contribution in [1.82, 2.24) is 26.1 Å². The molecule has 0 aromatic carbocycles. The van der Waals surface area contributed by atoms with E-state index in [2.05, 4.69) is 27.2 Å². The van der Waals surface area contributed by atoms with Gasteiger partial charge in [0.1, 0.15) is 0 Å². The minimum atomic E-state index is 0.307. The van der Waals surface area contributed by atoms with Crippen molar-refractivity contribution in [2.45, 2.75) is 25.3 Å². The Bertz CT molecular complexity index is 481. The lowest BCUT2D eigenvalue weighted by Crippen LogP contribution is -2.32. The van der Waals surface area contributed by atoms with Gasteiger partial charge in [0.05, 0.1) is 6.04 Å². The second-order valence-corrected chi connectivity index (χ2v) is 6.09. The summed E-state index contributed by atoms with van der Waals surface area (Å²) in [4.78, 5) is 17.7. The van der Waals surface area contributed by atoms with Crippen molar-refractivity contribution in [3.63, 3.8) is 0 Å². The van der Waals surface area contributed by atoms with Crippen molar-refractivity contribution in [2.24, 2.45) is 5.92 Å². The van der Waals surface area contributed by atoms with Crippen LogP contribution in [0.25, 0.3) is 0 Å². The monoisotopic (exact) mass is 303 g/mol. The maximum Gasteiger partial charge on any atom is 0.222 e. The molecule has 0 spiro atoms. The van der Waals surface area contributed by atoms with Gasteiger partial charge in [-0.3, -0.25) is 15.2 Å². The Morgan fingerprint density at radius 3 is 3.18 bits per heavy atom. The lowest BCUT2D eigenvalue weighted by molar-refractivity contribution is -0.127. The van der Waals surface area contributed by atoms with Crippen LogP contribution < -0.4 is 16.2 Å². The van der Waals surface area contributed by atoms with Crippen molar-refractivity contribution in [2.75, 3.05) is 32.7 Å². The van der Waals surface area contributed by atoms with E-state index < -0.39 is 0 Å². The van der Waals surface area contributed by atoms with E-state index in [1.807, 2.05) is 17.2 Å². The van der Waals surface area contributed by atoms with Gasteiger partial charge in [-0.05, 0) is 31.0 Å². The summed E-state index contributed by atoms with van der Waals surface area (Å²) in [7, 11) is 0. The summed E-state index contributed by atoms with van der Waals surface area (Å²) >= 11 is 0. The Morgan fingerprint density at radius 2 is 2.41 bits per heavy atom. The minimum Gasteiger partial charge on any atom is -0.343 e. The van der Waals surface area contributed by atoms with Crippen LogP contribution in [0.15, 0.2) is 24.5 Å². The average molecular weight is 303 g/mol. The molecule has 3 rings (SSSR count). The highest BCUT2D eigenvalue weighted by atomic mass is 16.2. The molecule has 2 saturated heterocycles. The van der Waals surface area contributed by atoms with E-state index in [9.17, 15) is 4.79 Å². The van der Waals surface area contributed by atoms with Gasteiger partial charge in [-0.2, -0.15) is 0 Å². The van der Waals surface area contributed by atoms with Gasteiger partial charge >= 0.3 is 0 Å². The van der Waals surface area contributed by atoms with Crippen LogP contribution >= 0.6 is 0 Å². The zero-order valence-corrected chi connectivity index (χ0v) is 12.9. The number of rotatable bonds is 7. The van der Waals surface area contributed by atoms with Gasteiger partial charge in [-0.15, -0.1) is 0 Å². The van der Waals surface area contributed by atoms with Crippen molar-refractivity contribution < 1.29 is 4.79 Å². The quantitative estimate of drug-likeness (QED) is 0.638. The highest BCUT2D eigenvalue weighted by molar-refractivity contribution is 5.77. The number of hydrogen-bond donors (Lipinski definition) is 3. The van der Waals surface area contributed by atoms with Crippen molar-refractivity contribution >= 4 is 5.91 Å². The molecule has 0 aliphatic carbocycles. The number of hydrazine groups is 1. The minimum absolute atomic E-state index is 0.307. The first-order chi connectivity index (χ1) is 10.8. The highest BCUT2D eigenvalue weighted by Crippen LogP contribution is 2.23. The SMILES string of the molecule is O=C1CCCN1CCCNCC1CNNC1c1cccnc1. The molecule has 6 heteroatoms. The fourth-order valence-corrected chi connectivity index (χ4v) is 3.26. The molecule has 120 valence electrons. The summed E-state index contributed by atoms with van der Waals surface area (Å²) in [6, 6.07) is 4.40. The van der Waals surface area contributed by atoms with Crippen molar-refractivity contribution in [3.05, 3.63) is 30.1 Å². The number of carbonyl (C=O) groups excluding carboxylic acids is 1. The Hall–Kier alpha value is -1.50. The molecule has 2 aliphatic rings. The normalized spacial score (nSPS) is 25.1. The predicted octanol–water partition coefficient (Wildman–Crippen LogP) is 0.449. The van der Waals surface area contributed by atoms with Crippen LogP contribution in [0.1, 0.15) is 30.9 Å². The Balaban J connectivity index is 1.37. The second kappa shape index (κ2) is 7.67. The van der Waals surface area contributed by atoms with E-state index in [0.717, 1.165) is 52.0 Å². The molecular formula is C16H25N5O. The molecule has 0 radical (unpaired) electrons. The van der Waals surface area contributed by atoms with E-state index in [1.54, 1.807) is 6.20 Å². The molecule has 1 aromatic rings. The van der Waals surface area contributed by atoms with Crippen molar-refractivity contribution in [3.8, 4) is 0 Å². The fourth-order valence-electron chi connectivity index (χ4n) is 3.26. The maximum absolute atomic E-state index is 11.5. The van der Waals surface area contributed by atoms with E-state index in [0.29, 0.717) is 17.9 Å². The molecule has 3 heterocycles. The standard InChI is InChI=1S/C16H25N5O/c22-15-5-2-8-21(15)9-3-7-18-11-14-12-19-20-16(14)13-4-1-6-17-10-13/h1,4,6,10,14,16,18-20H,2-3,5,7-9,11-12H2. The number of nitrogens with one attached hydrogen (secondary N) is 3. The number of likely N-dealkylation sites (tertiary alicyclic amines) is 1. The molecule has 0 saturated carbocycles. The van der Waals surface area contributed by atoms with Gasteiger partial charge in [-0.1, -0.05) is 6.07 Å². The lowest BCUT2D eigenvalue weighted by Gasteiger charge is -2.19. The number of amides is 1. The molecule has 3 N–H and O–H groups in total. The molecule has 2 fully saturated rings. The Kier molecular flexibility index (Phi) is 5.37. The zero-order chi connectivity index (χ0) is 15.2. The first-order valence-electron chi connectivity index (χ1n) is 8.21. The average Bonchev–Trinajstić information content (AvgIpc) is 3.17. The summed E-state index contributed by atoms with van der Waals surface area (Å²) in [6.07, 6.45) is 6.52. The van der Waals surface area contributed by atoms with Crippen LogP contribution in [0.5, 0.6) is 0 Å². The highest BCUT2D eigenvalue weighted by Gasteiger charge is 2.27. The van der Waals surface area contributed by atoms with Gasteiger partial charge in [0.15, 0.2) is 0 Å². The van der Waals surface area contributed by atoms with Crippen LogP contribution in [-0.2, 0) is 4.79 Å². The summed E-state index contributed by atoms with van der Waals surface area (Å²) in [6.45, 7) is 4.71. The molecule has 0 bridgehead atoms. The van der Waals surface area contributed by atoms with Crippen LogP contribution in [0.3, 0.4) is 0 Å². The van der Waals surface area contributed by atoms with Gasteiger partial charge in [0.2, 0.25) is 5.91 Å². The van der Waals surface area contributed by atoms with Crippen LogP contribution in [0.2, 0.25) is 0 Å². The zero-order valence-electron chi connectivity index (χ0n) is 12.9. The molecule has 1 aromatic heterocycles. The third-order valence-corrected chi connectivity index (χ3v) is 4.50. The number of nitrogens with zero attached hydrogens (tertiary/aromatic N) is 2. The third-order valence-electron chi connectivity index (χ3n) is 4.50. The smallest absolute Gasteiger partial charge is 0.222 e. The molecule has 2 unspecified atom stereocenters. The molecular weight excluding hydrogens is 278 g/mol. The first-order valence-corrected chi connectivity index (χ1v) is 8.21. The van der Waals surface area contributed by atoms with E-state index >= 15 is 0 Å². The summed E-state index contributed by atoms with van der Waals surface area (Å²) in [5, 5.41) is 3.53. The maximum atomic E-state index is 11.5. The van der Waals surface area contributed by atoms with Gasteiger partial charge in [0.25, 0.3) is 0 Å². The number of carbonyl (C=O) groups is 1. The number of hydrogen-bond acceptors (Lipinski definition) is 5. The largest absolute Gasteiger partial charge is 0.343 e. The number of pyridine rings is 1. The van der Waals surface area contributed by atoms with Crippen LogP contribution in [0, 0.1) is 5.92 Å². The van der Waals surface area contributed by atoms with Gasteiger partial charge in [0, 0.05) is 50.9 Å². The third kappa shape index (κ3) is 3.82. The van der Waals surface area contributed by atoms with Gasteiger partial charge in [-0.25, -0.2) is 5.43 Å².